The number of fused-ring (bicyclic) bond motifs is 1. The molecule has 0 unspecified atom stereocenters. The van der Waals surface area contributed by atoms with E-state index >= 15 is 0 Å². The molecule has 0 atom stereocenters. The van der Waals surface area contributed by atoms with Gasteiger partial charge in [0.25, 0.3) is 0 Å². The van der Waals surface area contributed by atoms with Crippen LogP contribution in [-0.2, 0) is 13.5 Å². The summed E-state index contributed by atoms with van der Waals surface area (Å²) in [6.07, 6.45) is 4.99. The van der Waals surface area contributed by atoms with Crippen LogP contribution in [0.5, 0.6) is 5.88 Å². The van der Waals surface area contributed by atoms with Crippen molar-refractivity contribution in [2.24, 2.45) is 7.05 Å². The molecule has 0 bridgehead atoms. The minimum absolute atomic E-state index is 0.0925. The van der Waals surface area contributed by atoms with E-state index < -0.39 is 0 Å². The SMILES string of the molecule is COc1ncc(-c2nsc(Nc3ccc4[nH]ncc4c3Cl)n2)cc1CC(=O)c1ccnn1C. The summed E-state index contributed by atoms with van der Waals surface area (Å²) in [6, 6.07) is 7.23. The fourth-order valence-electron chi connectivity index (χ4n) is 3.43. The Kier molecular flexibility index (Phi) is 5.48. The van der Waals surface area contributed by atoms with Crippen molar-refractivity contribution in [3.05, 3.63) is 59.1 Å². The zero-order valence-electron chi connectivity index (χ0n) is 17.5. The summed E-state index contributed by atoms with van der Waals surface area (Å²) < 4.78 is 11.3. The van der Waals surface area contributed by atoms with Crippen LogP contribution in [0.25, 0.3) is 22.3 Å². The first-order valence-electron chi connectivity index (χ1n) is 9.80. The first-order valence-corrected chi connectivity index (χ1v) is 11.0. The molecule has 0 spiro atoms. The molecule has 12 heteroatoms. The second-order valence-electron chi connectivity index (χ2n) is 7.14. The van der Waals surface area contributed by atoms with E-state index in [0.29, 0.717) is 44.4 Å². The van der Waals surface area contributed by atoms with Gasteiger partial charge in [0.2, 0.25) is 11.0 Å². The summed E-state index contributed by atoms with van der Waals surface area (Å²) in [6.45, 7) is 0. The summed E-state index contributed by atoms with van der Waals surface area (Å²) >= 11 is 7.68. The van der Waals surface area contributed by atoms with Crippen LogP contribution in [0.2, 0.25) is 5.02 Å². The van der Waals surface area contributed by atoms with Crippen molar-refractivity contribution < 1.29 is 9.53 Å². The monoisotopic (exact) mass is 480 g/mol. The van der Waals surface area contributed by atoms with Gasteiger partial charge in [-0.3, -0.25) is 14.6 Å². The van der Waals surface area contributed by atoms with Crippen molar-refractivity contribution in [3.8, 4) is 17.3 Å². The van der Waals surface area contributed by atoms with E-state index in [4.69, 9.17) is 16.3 Å². The number of methoxy groups -OCH3 is 1. The molecule has 5 rings (SSSR count). The van der Waals surface area contributed by atoms with Crippen LogP contribution in [0, 0.1) is 0 Å². The number of rotatable bonds is 7. The Morgan fingerprint density at radius 3 is 2.97 bits per heavy atom. The van der Waals surface area contributed by atoms with Gasteiger partial charge in [0.05, 0.1) is 29.5 Å². The summed E-state index contributed by atoms with van der Waals surface area (Å²) in [5.41, 5.74) is 3.36. The highest BCUT2D eigenvalue weighted by molar-refractivity contribution is 7.10. The maximum absolute atomic E-state index is 12.7. The number of hydrogen-bond donors (Lipinski definition) is 2. The summed E-state index contributed by atoms with van der Waals surface area (Å²) in [7, 11) is 3.24. The minimum Gasteiger partial charge on any atom is -0.481 e. The standard InChI is InChI=1S/C21H17ClN8O2S/c1-30-16(5-6-25-30)17(31)8-11-7-12(9-23-20(11)32-2)19-27-21(33-29-19)26-15-4-3-14-13(18(15)22)10-24-28-14/h3-7,9-10H,8H2,1-2H3,(H,24,28)(H,26,27,29). The van der Waals surface area contributed by atoms with Gasteiger partial charge in [0, 0.05) is 53.9 Å². The van der Waals surface area contributed by atoms with E-state index in [9.17, 15) is 4.79 Å². The van der Waals surface area contributed by atoms with Gasteiger partial charge in [0.1, 0.15) is 5.69 Å². The highest BCUT2D eigenvalue weighted by Crippen LogP contribution is 2.33. The number of ether oxygens (including phenoxy) is 1. The van der Waals surface area contributed by atoms with Crippen LogP contribution in [0.15, 0.2) is 42.9 Å². The summed E-state index contributed by atoms with van der Waals surface area (Å²) in [5, 5.41) is 16.1. The topological polar surface area (TPSA) is 124 Å². The largest absolute Gasteiger partial charge is 0.481 e. The van der Waals surface area contributed by atoms with E-state index in [0.717, 1.165) is 10.9 Å². The average molecular weight is 481 g/mol. The lowest BCUT2D eigenvalue weighted by Gasteiger charge is -2.08. The number of H-pyrrole nitrogens is 1. The van der Waals surface area contributed by atoms with Gasteiger partial charge in [-0.2, -0.15) is 19.6 Å². The molecule has 0 amide bonds. The molecule has 2 N–H and O–H groups in total. The lowest BCUT2D eigenvalue weighted by Crippen LogP contribution is -2.11. The number of benzene rings is 1. The Labute approximate surface area is 196 Å². The van der Waals surface area contributed by atoms with Gasteiger partial charge in [-0.15, -0.1) is 0 Å². The quantitative estimate of drug-likeness (QED) is 0.334. The molecule has 4 aromatic heterocycles. The van der Waals surface area contributed by atoms with Crippen LogP contribution >= 0.6 is 23.1 Å². The number of aromatic nitrogens is 7. The molecule has 166 valence electrons. The number of aromatic amines is 1. The zero-order valence-corrected chi connectivity index (χ0v) is 19.1. The van der Waals surface area contributed by atoms with Gasteiger partial charge in [0.15, 0.2) is 11.6 Å². The van der Waals surface area contributed by atoms with E-state index in [2.05, 4.69) is 35.0 Å². The summed E-state index contributed by atoms with van der Waals surface area (Å²) in [4.78, 5) is 21.6. The Morgan fingerprint density at radius 1 is 1.30 bits per heavy atom. The summed E-state index contributed by atoms with van der Waals surface area (Å²) in [5.74, 6) is 0.764. The predicted octanol–water partition coefficient (Wildman–Crippen LogP) is 4.04. The van der Waals surface area contributed by atoms with Gasteiger partial charge in [-0.25, -0.2) is 4.98 Å². The lowest BCUT2D eigenvalue weighted by molar-refractivity contribution is 0.0983. The highest BCUT2D eigenvalue weighted by atomic mass is 35.5. The molecule has 1 aromatic carbocycles. The number of carbonyl (C=O) groups is 1. The first-order chi connectivity index (χ1) is 16.0. The zero-order chi connectivity index (χ0) is 22.9. The number of hydrogen-bond acceptors (Lipinski definition) is 9. The first kappa shape index (κ1) is 21.0. The number of carbonyl (C=O) groups excluding carboxylic acids is 1. The smallest absolute Gasteiger partial charge is 0.216 e. The molecule has 0 aliphatic heterocycles. The Morgan fingerprint density at radius 2 is 2.18 bits per heavy atom. The predicted molar refractivity (Wildman–Crippen MR) is 125 cm³/mol. The van der Waals surface area contributed by atoms with Gasteiger partial charge in [-0.05, 0) is 24.3 Å². The van der Waals surface area contributed by atoms with Crippen molar-refractivity contribution in [2.75, 3.05) is 12.4 Å². The second-order valence-corrected chi connectivity index (χ2v) is 8.27. The molecule has 0 fully saturated rings. The van der Waals surface area contributed by atoms with Crippen molar-refractivity contribution in [3.63, 3.8) is 0 Å². The molecule has 0 saturated heterocycles. The Hall–Kier alpha value is -3.83. The fraction of sp³-hybridized carbons (Fsp3) is 0.143. The van der Waals surface area contributed by atoms with Crippen LogP contribution < -0.4 is 10.1 Å². The molecule has 0 aliphatic rings. The van der Waals surface area contributed by atoms with Crippen LogP contribution in [0.4, 0.5) is 10.8 Å². The minimum atomic E-state index is -0.0925. The Bertz CT molecular complexity index is 1470. The number of pyridine rings is 1. The third-order valence-electron chi connectivity index (χ3n) is 5.06. The molecule has 33 heavy (non-hydrogen) atoms. The Balaban J connectivity index is 1.40. The van der Waals surface area contributed by atoms with E-state index in [-0.39, 0.29) is 12.2 Å². The third-order valence-corrected chi connectivity index (χ3v) is 6.10. The molecule has 4 heterocycles. The molecular formula is C21H17ClN8O2S. The molecule has 0 saturated carbocycles. The van der Waals surface area contributed by atoms with Crippen LogP contribution in [-0.4, -0.2) is 47.2 Å². The number of anilines is 2. The number of nitrogens with zero attached hydrogens (tertiary/aromatic N) is 6. The van der Waals surface area contributed by atoms with Gasteiger partial charge < -0.3 is 10.1 Å². The second kappa shape index (κ2) is 8.60. The van der Waals surface area contributed by atoms with E-state index in [1.807, 2.05) is 18.2 Å². The maximum atomic E-state index is 12.7. The van der Waals surface area contributed by atoms with E-state index in [1.165, 1.54) is 23.3 Å². The number of nitrogens with one attached hydrogen (secondary N) is 2. The highest BCUT2D eigenvalue weighted by Gasteiger charge is 2.17. The van der Waals surface area contributed by atoms with Gasteiger partial charge >= 0.3 is 0 Å². The fourth-order valence-corrected chi connectivity index (χ4v) is 4.29. The number of halogens is 1. The maximum Gasteiger partial charge on any atom is 0.216 e. The van der Waals surface area contributed by atoms with Crippen molar-refractivity contribution in [1.82, 2.24) is 34.3 Å². The molecular weight excluding hydrogens is 464 g/mol. The number of aryl methyl sites for hydroxylation is 1. The van der Waals surface area contributed by atoms with Crippen molar-refractivity contribution in [1.29, 1.82) is 0 Å². The third kappa shape index (κ3) is 4.03. The molecule has 0 aliphatic carbocycles. The molecule has 10 nitrogen and oxygen atoms in total. The van der Waals surface area contributed by atoms with Crippen molar-refractivity contribution in [2.45, 2.75) is 6.42 Å². The van der Waals surface area contributed by atoms with E-state index in [1.54, 1.807) is 31.7 Å². The van der Waals surface area contributed by atoms with Crippen LogP contribution in [0.3, 0.4) is 0 Å². The average Bonchev–Trinajstić information content (AvgIpc) is 3.57. The normalized spacial score (nSPS) is 11.1. The molecule has 0 radical (unpaired) electrons. The van der Waals surface area contributed by atoms with Crippen molar-refractivity contribution >= 4 is 50.6 Å². The van der Waals surface area contributed by atoms with Gasteiger partial charge in [-0.1, -0.05) is 11.6 Å². The molecule has 5 aromatic rings. The van der Waals surface area contributed by atoms with Crippen LogP contribution in [0.1, 0.15) is 16.1 Å². The number of ketones is 1. The number of Topliss-reactive ketones (excluding diaryl/α,β-unsaturated/α-hetero) is 1. The lowest BCUT2D eigenvalue weighted by atomic mass is 10.1.